The van der Waals surface area contributed by atoms with E-state index in [0.29, 0.717) is 6.54 Å². The first-order chi connectivity index (χ1) is 14.9. The van der Waals surface area contributed by atoms with Crippen LogP contribution in [0.2, 0.25) is 10.0 Å². The Labute approximate surface area is 194 Å². The van der Waals surface area contributed by atoms with Crippen molar-refractivity contribution in [1.82, 2.24) is 10.2 Å². The van der Waals surface area contributed by atoms with E-state index in [2.05, 4.69) is 10.2 Å². The van der Waals surface area contributed by atoms with Gasteiger partial charge in [0.15, 0.2) is 0 Å². The van der Waals surface area contributed by atoms with Gasteiger partial charge in [0, 0.05) is 6.54 Å². The summed E-state index contributed by atoms with van der Waals surface area (Å²) in [5.74, 6) is -0.394. The van der Waals surface area contributed by atoms with Crippen LogP contribution in [-0.2, 0) is 14.8 Å². The molecule has 0 bridgehead atoms. The minimum Gasteiger partial charge on any atom is -0.354 e. The molecule has 3 rings (SSSR count). The highest BCUT2D eigenvalue weighted by Crippen LogP contribution is 2.35. The fourth-order valence-corrected chi connectivity index (χ4v) is 5.51. The molecule has 1 saturated heterocycles. The van der Waals surface area contributed by atoms with Crippen LogP contribution in [0.15, 0.2) is 53.4 Å². The van der Waals surface area contributed by atoms with Crippen LogP contribution in [0.1, 0.15) is 25.7 Å². The lowest BCUT2D eigenvalue weighted by molar-refractivity contribution is -0.119. The van der Waals surface area contributed by atoms with Gasteiger partial charge >= 0.3 is 0 Å². The van der Waals surface area contributed by atoms with Crippen molar-refractivity contribution < 1.29 is 13.2 Å². The number of piperidine rings is 1. The third-order valence-electron chi connectivity index (χ3n) is 5.24. The van der Waals surface area contributed by atoms with Crippen LogP contribution in [0.3, 0.4) is 0 Å². The van der Waals surface area contributed by atoms with Crippen LogP contribution >= 0.6 is 23.2 Å². The molecule has 1 N–H and O–H groups in total. The normalized spacial score (nSPS) is 14.9. The Bertz CT molecular complexity index is 981. The van der Waals surface area contributed by atoms with E-state index in [9.17, 15) is 13.2 Å². The van der Waals surface area contributed by atoms with Crippen molar-refractivity contribution in [3.63, 3.8) is 0 Å². The Morgan fingerprint density at radius 3 is 2.42 bits per heavy atom. The summed E-state index contributed by atoms with van der Waals surface area (Å²) in [6.07, 6.45) is 4.54. The second-order valence-corrected chi connectivity index (χ2v) is 10.2. The number of halogens is 2. The van der Waals surface area contributed by atoms with Gasteiger partial charge in [-0.15, -0.1) is 0 Å². The van der Waals surface area contributed by atoms with E-state index in [1.165, 1.54) is 31.4 Å². The number of carbonyl (C=O) groups excluding carboxylic acids is 1. The SMILES string of the molecule is O=C(CN(c1cccc(Cl)c1Cl)S(=O)(=O)c1ccccc1)NCCCN1CCCCC1. The van der Waals surface area contributed by atoms with Gasteiger partial charge in [0.25, 0.3) is 10.0 Å². The number of nitrogens with one attached hydrogen (secondary N) is 1. The van der Waals surface area contributed by atoms with E-state index in [1.807, 2.05) is 0 Å². The van der Waals surface area contributed by atoms with Crippen LogP contribution in [0.4, 0.5) is 5.69 Å². The largest absolute Gasteiger partial charge is 0.354 e. The van der Waals surface area contributed by atoms with Gasteiger partial charge in [0.2, 0.25) is 5.91 Å². The monoisotopic (exact) mass is 483 g/mol. The molecule has 2 aromatic rings. The standard InChI is InChI=1S/C22H27Cl2N3O3S/c23-19-11-7-12-20(22(19)24)27(31(29,30)18-9-3-1-4-10-18)17-21(28)25-13-8-16-26-14-5-2-6-15-26/h1,3-4,7,9-12H,2,5-6,8,13-17H2,(H,25,28). The Hall–Kier alpha value is -1.80. The lowest BCUT2D eigenvalue weighted by Gasteiger charge is -2.27. The van der Waals surface area contributed by atoms with E-state index in [4.69, 9.17) is 23.2 Å². The van der Waals surface area contributed by atoms with Crippen molar-refractivity contribution in [2.75, 3.05) is 37.0 Å². The van der Waals surface area contributed by atoms with Gasteiger partial charge < -0.3 is 10.2 Å². The number of rotatable bonds is 9. The fourth-order valence-electron chi connectivity index (χ4n) is 3.60. The summed E-state index contributed by atoms with van der Waals surface area (Å²) in [5.41, 5.74) is 0.168. The molecule has 0 saturated carbocycles. The van der Waals surface area contributed by atoms with E-state index < -0.39 is 15.9 Å². The van der Waals surface area contributed by atoms with Gasteiger partial charge in [0.1, 0.15) is 6.54 Å². The molecule has 2 aromatic carbocycles. The molecular formula is C22H27Cl2N3O3S. The summed E-state index contributed by atoms with van der Waals surface area (Å²) >= 11 is 12.4. The highest BCUT2D eigenvalue weighted by atomic mass is 35.5. The number of benzene rings is 2. The molecular weight excluding hydrogens is 457 g/mol. The van der Waals surface area contributed by atoms with Gasteiger partial charge in [-0.1, -0.05) is 53.9 Å². The molecule has 168 valence electrons. The van der Waals surface area contributed by atoms with Gasteiger partial charge in [-0.3, -0.25) is 9.10 Å². The van der Waals surface area contributed by atoms with Crippen molar-refractivity contribution in [2.24, 2.45) is 0 Å². The number of likely N-dealkylation sites (tertiary alicyclic amines) is 1. The number of hydrogen-bond acceptors (Lipinski definition) is 4. The van der Waals surface area contributed by atoms with Crippen molar-refractivity contribution >= 4 is 44.8 Å². The molecule has 1 amide bonds. The minimum atomic E-state index is -4.01. The molecule has 0 aliphatic carbocycles. The summed E-state index contributed by atoms with van der Waals surface area (Å²) in [7, 11) is -4.01. The first-order valence-electron chi connectivity index (χ1n) is 10.4. The maximum Gasteiger partial charge on any atom is 0.264 e. The van der Waals surface area contributed by atoms with Crippen LogP contribution in [0.5, 0.6) is 0 Å². The molecule has 1 aliphatic heterocycles. The Morgan fingerprint density at radius 1 is 1.00 bits per heavy atom. The summed E-state index contributed by atoms with van der Waals surface area (Å²) in [6, 6.07) is 12.7. The molecule has 0 aromatic heterocycles. The highest BCUT2D eigenvalue weighted by Gasteiger charge is 2.29. The molecule has 1 aliphatic rings. The molecule has 0 unspecified atom stereocenters. The van der Waals surface area contributed by atoms with Gasteiger partial charge in [0.05, 0.1) is 20.6 Å². The molecule has 0 atom stereocenters. The third kappa shape index (κ3) is 6.35. The van der Waals surface area contributed by atoms with Crippen LogP contribution < -0.4 is 9.62 Å². The van der Waals surface area contributed by atoms with Gasteiger partial charge in [-0.25, -0.2) is 8.42 Å². The fraction of sp³-hybridized carbons (Fsp3) is 0.409. The van der Waals surface area contributed by atoms with E-state index in [0.717, 1.165) is 30.4 Å². The lowest BCUT2D eigenvalue weighted by Crippen LogP contribution is -2.42. The molecule has 0 spiro atoms. The Balaban J connectivity index is 1.71. The number of anilines is 1. The molecule has 1 heterocycles. The first-order valence-corrected chi connectivity index (χ1v) is 12.6. The number of carbonyl (C=O) groups is 1. The molecule has 0 radical (unpaired) electrons. The summed E-state index contributed by atoms with van der Waals surface area (Å²) in [6.45, 7) is 3.22. The summed E-state index contributed by atoms with van der Waals surface area (Å²) in [4.78, 5) is 15.1. The lowest BCUT2D eigenvalue weighted by atomic mass is 10.1. The maximum atomic E-state index is 13.3. The summed E-state index contributed by atoms with van der Waals surface area (Å²) in [5, 5.41) is 3.13. The quantitative estimate of drug-likeness (QED) is 0.543. The van der Waals surface area contributed by atoms with E-state index in [1.54, 1.807) is 36.4 Å². The molecule has 1 fully saturated rings. The average Bonchev–Trinajstić information content (AvgIpc) is 2.78. The smallest absolute Gasteiger partial charge is 0.264 e. The number of hydrogen-bond donors (Lipinski definition) is 1. The molecule has 9 heteroatoms. The van der Waals surface area contributed by atoms with E-state index in [-0.39, 0.29) is 27.2 Å². The first kappa shape index (κ1) is 23.9. The average molecular weight is 484 g/mol. The summed E-state index contributed by atoms with van der Waals surface area (Å²) < 4.78 is 27.6. The number of sulfonamides is 1. The van der Waals surface area contributed by atoms with Gasteiger partial charge in [-0.05, 0) is 63.2 Å². The minimum absolute atomic E-state index is 0.0731. The second kappa shape index (κ2) is 11.2. The van der Waals surface area contributed by atoms with Crippen molar-refractivity contribution in [3.8, 4) is 0 Å². The predicted octanol–water partition coefficient (Wildman–Crippen LogP) is 4.18. The topological polar surface area (TPSA) is 69.7 Å². The molecule has 31 heavy (non-hydrogen) atoms. The number of amides is 1. The van der Waals surface area contributed by atoms with Crippen LogP contribution in [0, 0.1) is 0 Å². The van der Waals surface area contributed by atoms with E-state index >= 15 is 0 Å². The van der Waals surface area contributed by atoms with Crippen LogP contribution in [0.25, 0.3) is 0 Å². The number of nitrogens with zero attached hydrogens (tertiary/aromatic N) is 2. The zero-order valence-corrected chi connectivity index (χ0v) is 19.6. The predicted molar refractivity (Wildman–Crippen MR) is 125 cm³/mol. The maximum absolute atomic E-state index is 13.3. The van der Waals surface area contributed by atoms with Crippen molar-refractivity contribution in [2.45, 2.75) is 30.6 Å². The highest BCUT2D eigenvalue weighted by molar-refractivity contribution is 7.92. The van der Waals surface area contributed by atoms with Crippen molar-refractivity contribution in [1.29, 1.82) is 0 Å². The third-order valence-corrected chi connectivity index (χ3v) is 7.82. The molecule has 6 nitrogen and oxygen atoms in total. The van der Waals surface area contributed by atoms with Crippen LogP contribution in [-0.4, -0.2) is 51.9 Å². The zero-order valence-electron chi connectivity index (χ0n) is 17.3. The van der Waals surface area contributed by atoms with Gasteiger partial charge in [-0.2, -0.15) is 0 Å². The zero-order chi connectivity index (χ0) is 22.3. The Morgan fingerprint density at radius 2 is 1.71 bits per heavy atom. The second-order valence-electron chi connectivity index (χ2n) is 7.50. The Kier molecular flexibility index (Phi) is 8.60. The van der Waals surface area contributed by atoms with Crippen molar-refractivity contribution in [3.05, 3.63) is 58.6 Å².